The second-order valence-electron chi connectivity index (χ2n) is 5.24. The van der Waals surface area contributed by atoms with Gasteiger partial charge >= 0.3 is 0 Å². The first-order valence-electron chi connectivity index (χ1n) is 7.54. The highest BCUT2D eigenvalue weighted by Crippen LogP contribution is 2.08. The van der Waals surface area contributed by atoms with Gasteiger partial charge in [0.25, 0.3) is 5.91 Å². The van der Waals surface area contributed by atoms with Gasteiger partial charge in [-0.25, -0.2) is 0 Å². The molecule has 1 aromatic rings. The number of carbonyl (C=O) groups is 3. The average Bonchev–Trinajstić information content (AvgIpc) is 3.08. The predicted molar refractivity (Wildman–Crippen MR) is 82.2 cm³/mol. The number of hydrogen-bond acceptors (Lipinski definition) is 3. The summed E-state index contributed by atoms with van der Waals surface area (Å²) in [5, 5.41) is 5.19. The van der Waals surface area contributed by atoms with E-state index in [1.807, 2.05) is 11.0 Å². The van der Waals surface area contributed by atoms with Crippen LogP contribution in [0.25, 0.3) is 0 Å². The number of hydrogen-bond donors (Lipinski definition) is 2. The van der Waals surface area contributed by atoms with Crippen LogP contribution >= 0.6 is 0 Å². The lowest BCUT2D eigenvalue weighted by molar-refractivity contribution is -0.130. The van der Waals surface area contributed by atoms with E-state index in [4.69, 9.17) is 0 Å². The summed E-state index contributed by atoms with van der Waals surface area (Å²) >= 11 is 0. The summed E-state index contributed by atoms with van der Waals surface area (Å²) in [6, 6.07) is 8.71. The van der Waals surface area contributed by atoms with Crippen LogP contribution in [-0.4, -0.2) is 48.8 Å². The zero-order chi connectivity index (χ0) is 15.8. The molecular weight excluding hydrogens is 282 g/mol. The SMILES string of the molecule is O=C(CNC(=O)c1ccccc1)NCCC(=O)N1CCCC1. The Morgan fingerprint density at radius 2 is 1.68 bits per heavy atom. The highest BCUT2D eigenvalue weighted by molar-refractivity contribution is 5.96. The fraction of sp³-hybridized carbons (Fsp3) is 0.438. The van der Waals surface area contributed by atoms with Crippen LogP contribution in [0.3, 0.4) is 0 Å². The monoisotopic (exact) mass is 303 g/mol. The Morgan fingerprint density at radius 1 is 1.00 bits per heavy atom. The van der Waals surface area contributed by atoms with Gasteiger partial charge in [0, 0.05) is 31.6 Å². The summed E-state index contributed by atoms with van der Waals surface area (Å²) in [4.78, 5) is 37.0. The number of likely N-dealkylation sites (tertiary alicyclic amines) is 1. The second-order valence-corrected chi connectivity index (χ2v) is 5.24. The molecule has 22 heavy (non-hydrogen) atoms. The van der Waals surface area contributed by atoms with Crippen molar-refractivity contribution < 1.29 is 14.4 Å². The van der Waals surface area contributed by atoms with Gasteiger partial charge in [-0.3, -0.25) is 14.4 Å². The first-order valence-corrected chi connectivity index (χ1v) is 7.54. The van der Waals surface area contributed by atoms with Gasteiger partial charge < -0.3 is 15.5 Å². The normalized spacial score (nSPS) is 13.7. The van der Waals surface area contributed by atoms with Crippen molar-refractivity contribution in [2.45, 2.75) is 19.3 Å². The molecule has 1 heterocycles. The molecule has 1 saturated heterocycles. The summed E-state index contributed by atoms with van der Waals surface area (Å²) in [7, 11) is 0. The standard InChI is InChI=1S/C16H21N3O3/c20-14(12-18-16(22)13-6-2-1-3-7-13)17-9-8-15(21)19-10-4-5-11-19/h1-3,6-7H,4-5,8-12H2,(H,17,20)(H,18,22). The Morgan fingerprint density at radius 3 is 2.36 bits per heavy atom. The summed E-state index contributed by atoms with van der Waals surface area (Å²) in [5.41, 5.74) is 0.513. The van der Waals surface area contributed by atoms with E-state index in [1.165, 1.54) is 0 Å². The molecule has 1 aliphatic heterocycles. The van der Waals surface area contributed by atoms with Gasteiger partial charge in [0.2, 0.25) is 11.8 Å². The van der Waals surface area contributed by atoms with E-state index < -0.39 is 0 Å². The van der Waals surface area contributed by atoms with Crippen LogP contribution in [0.1, 0.15) is 29.6 Å². The van der Waals surface area contributed by atoms with Gasteiger partial charge in [0.05, 0.1) is 6.54 Å². The van der Waals surface area contributed by atoms with Gasteiger partial charge in [0.15, 0.2) is 0 Å². The van der Waals surface area contributed by atoms with Crippen molar-refractivity contribution in [3.8, 4) is 0 Å². The van der Waals surface area contributed by atoms with Crippen molar-refractivity contribution in [3.05, 3.63) is 35.9 Å². The highest BCUT2D eigenvalue weighted by atomic mass is 16.2. The molecule has 0 aliphatic carbocycles. The fourth-order valence-electron chi connectivity index (χ4n) is 2.35. The Balaban J connectivity index is 1.61. The molecule has 1 aliphatic rings. The van der Waals surface area contributed by atoms with E-state index in [1.54, 1.807) is 24.3 Å². The molecule has 3 amide bonds. The molecule has 0 atom stereocenters. The first-order chi connectivity index (χ1) is 10.7. The minimum Gasteiger partial charge on any atom is -0.354 e. The van der Waals surface area contributed by atoms with Crippen LogP contribution in [0.5, 0.6) is 0 Å². The van der Waals surface area contributed by atoms with Crippen molar-refractivity contribution in [2.75, 3.05) is 26.2 Å². The number of rotatable bonds is 6. The van der Waals surface area contributed by atoms with Crippen molar-refractivity contribution >= 4 is 17.7 Å². The molecule has 118 valence electrons. The maximum atomic E-state index is 11.8. The maximum Gasteiger partial charge on any atom is 0.251 e. The summed E-state index contributed by atoms with van der Waals surface area (Å²) in [6.07, 6.45) is 2.42. The van der Waals surface area contributed by atoms with Gasteiger partial charge in [-0.2, -0.15) is 0 Å². The molecule has 0 unspecified atom stereocenters. The number of nitrogens with one attached hydrogen (secondary N) is 2. The number of benzene rings is 1. The quantitative estimate of drug-likeness (QED) is 0.805. The summed E-state index contributed by atoms with van der Waals surface area (Å²) in [5.74, 6) is -0.506. The molecular formula is C16H21N3O3. The molecule has 6 heteroatoms. The summed E-state index contributed by atoms with van der Waals surface area (Å²) in [6.45, 7) is 1.85. The molecule has 0 aromatic heterocycles. The van der Waals surface area contributed by atoms with E-state index >= 15 is 0 Å². The zero-order valence-electron chi connectivity index (χ0n) is 12.5. The summed E-state index contributed by atoms with van der Waals surface area (Å²) < 4.78 is 0. The van der Waals surface area contributed by atoms with Crippen LogP contribution in [-0.2, 0) is 9.59 Å². The minimum absolute atomic E-state index is 0.0751. The molecule has 0 radical (unpaired) electrons. The van der Waals surface area contributed by atoms with Crippen LogP contribution in [0.4, 0.5) is 0 Å². The van der Waals surface area contributed by atoms with Crippen molar-refractivity contribution in [1.82, 2.24) is 15.5 Å². The fourth-order valence-corrected chi connectivity index (χ4v) is 2.35. The molecule has 2 rings (SSSR count). The van der Waals surface area contributed by atoms with Gasteiger partial charge in [0.1, 0.15) is 0 Å². The lowest BCUT2D eigenvalue weighted by Crippen LogP contribution is -2.38. The second kappa shape index (κ2) is 8.17. The van der Waals surface area contributed by atoms with Crippen LogP contribution < -0.4 is 10.6 Å². The Hall–Kier alpha value is -2.37. The minimum atomic E-state index is -0.293. The number of amides is 3. The Kier molecular flexibility index (Phi) is 5.94. The van der Waals surface area contributed by atoms with Gasteiger partial charge in [-0.05, 0) is 25.0 Å². The first kappa shape index (κ1) is 16.0. The third kappa shape index (κ3) is 4.87. The van der Waals surface area contributed by atoms with Crippen LogP contribution in [0, 0.1) is 0 Å². The molecule has 0 spiro atoms. The van der Waals surface area contributed by atoms with Crippen molar-refractivity contribution in [2.24, 2.45) is 0 Å². The number of carbonyl (C=O) groups excluding carboxylic acids is 3. The topological polar surface area (TPSA) is 78.5 Å². The molecule has 6 nitrogen and oxygen atoms in total. The van der Waals surface area contributed by atoms with E-state index in [9.17, 15) is 14.4 Å². The smallest absolute Gasteiger partial charge is 0.251 e. The van der Waals surface area contributed by atoms with E-state index in [0.29, 0.717) is 18.5 Å². The van der Waals surface area contributed by atoms with Gasteiger partial charge in [-0.15, -0.1) is 0 Å². The lowest BCUT2D eigenvalue weighted by Gasteiger charge is -2.15. The third-order valence-electron chi connectivity index (χ3n) is 3.57. The molecule has 1 aromatic carbocycles. The molecule has 2 N–H and O–H groups in total. The Bertz CT molecular complexity index is 525. The lowest BCUT2D eigenvalue weighted by atomic mass is 10.2. The van der Waals surface area contributed by atoms with Crippen molar-refractivity contribution in [1.29, 1.82) is 0 Å². The van der Waals surface area contributed by atoms with Gasteiger partial charge in [-0.1, -0.05) is 18.2 Å². The van der Waals surface area contributed by atoms with Crippen LogP contribution in [0.2, 0.25) is 0 Å². The highest BCUT2D eigenvalue weighted by Gasteiger charge is 2.17. The molecule has 0 bridgehead atoms. The molecule has 0 saturated carbocycles. The maximum absolute atomic E-state index is 11.8. The van der Waals surface area contributed by atoms with E-state index in [0.717, 1.165) is 25.9 Å². The van der Waals surface area contributed by atoms with Crippen LogP contribution in [0.15, 0.2) is 30.3 Å². The van der Waals surface area contributed by atoms with Crippen molar-refractivity contribution in [3.63, 3.8) is 0 Å². The van der Waals surface area contributed by atoms with E-state index in [2.05, 4.69) is 10.6 Å². The Labute approximate surface area is 129 Å². The predicted octanol–water partition coefficient (Wildman–Crippen LogP) is 0.545. The average molecular weight is 303 g/mol. The number of nitrogens with zero attached hydrogens (tertiary/aromatic N) is 1. The zero-order valence-corrected chi connectivity index (χ0v) is 12.5. The largest absolute Gasteiger partial charge is 0.354 e. The third-order valence-corrected chi connectivity index (χ3v) is 3.57. The van der Waals surface area contributed by atoms with E-state index in [-0.39, 0.29) is 24.3 Å². The molecule has 1 fully saturated rings.